The van der Waals surface area contributed by atoms with Crippen molar-refractivity contribution in [1.82, 2.24) is 15.0 Å². The predicted octanol–water partition coefficient (Wildman–Crippen LogP) is 14.5. The van der Waals surface area contributed by atoms with Gasteiger partial charge in [-0.15, -0.1) is 0 Å². The molecule has 0 bridgehead atoms. The fourth-order valence-corrected chi connectivity index (χ4v) is 8.48. The number of fused-ring (bicyclic) bond motifs is 3. The number of para-hydroxylation sites is 1. The van der Waals surface area contributed by atoms with Crippen molar-refractivity contribution < 1.29 is 0 Å². The molecule has 0 radical (unpaired) electrons. The van der Waals surface area contributed by atoms with Crippen molar-refractivity contribution in [2.45, 2.75) is 0 Å². The molecule has 0 fully saturated rings. The number of hydrogen-bond donors (Lipinski definition) is 0. The second-order valence-electron chi connectivity index (χ2n) is 14.8. The summed E-state index contributed by atoms with van der Waals surface area (Å²) in [5.41, 5.74) is 15.6. The topological polar surface area (TPSA) is 41.9 Å². The van der Waals surface area contributed by atoms with Gasteiger partial charge in [-0.2, -0.15) is 0 Å². The summed E-state index contributed by atoms with van der Waals surface area (Å²) in [6.07, 6.45) is 0. The number of rotatable bonds is 8. The molecule has 10 aromatic rings. The minimum Gasteiger partial charge on any atom is -0.310 e. The number of hydrogen-bond acceptors (Lipinski definition) is 4. The fraction of sp³-hybridized carbons (Fsp3) is 0. The fourth-order valence-electron chi connectivity index (χ4n) is 8.48. The maximum Gasteiger partial charge on any atom is 0.164 e. The molecule has 59 heavy (non-hydrogen) atoms. The van der Waals surface area contributed by atoms with E-state index in [0.29, 0.717) is 17.5 Å². The van der Waals surface area contributed by atoms with Crippen LogP contribution in [0.2, 0.25) is 0 Å². The van der Waals surface area contributed by atoms with Gasteiger partial charge in [-0.3, -0.25) is 0 Å². The monoisotopic (exact) mass is 752 g/mol. The Bertz CT molecular complexity index is 3070. The molecule has 1 aromatic heterocycles. The Morgan fingerprint density at radius 2 is 0.729 bits per heavy atom. The van der Waals surface area contributed by atoms with Crippen LogP contribution < -0.4 is 4.90 Å². The van der Waals surface area contributed by atoms with Crippen LogP contribution in [0.25, 0.3) is 89.4 Å². The Kier molecular flexibility index (Phi) is 8.45. The standard InChI is InChI=1S/C55H36N4/c1-5-16-37(17-6-1)38-30-32-45(33-31-38)59(44-26-11-4-12-27-44)46-35-49(52-48-29-15-23-39-22-14-28-47(51(39)48)50(52)36-46)42-24-13-25-43(34-42)55-57-53(40-18-7-2-8-19-40)56-54(58-55)41-20-9-3-10-21-41/h1-36H. The zero-order valence-electron chi connectivity index (χ0n) is 32.1. The van der Waals surface area contributed by atoms with Crippen LogP contribution in [0, 0.1) is 0 Å². The summed E-state index contributed by atoms with van der Waals surface area (Å²) < 4.78 is 0. The molecular formula is C55H36N4. The van der Waals surface area contributed by atoms with Crippen molar-refractivity contribution in [2.75, 3.05) is 4.90 Å². The number of anilines is 3. The van der Waals surface area contributed by atoms with E-state index in [1.54, 1.807) is 0 Å². The Labute approximate surface area is 343 Å². The van der Waals surface area contributed by atoms with Crippen LogP contribution in [-0.4, -0.2) is 15.0 Å². The molecule has 1 heterocycles. The summed E-state index contributed by atoms with van der Waals surface area (Å²) in [5.74, 6) is 1.91. The highest BCUT2D eigenvalue weighted by Gasteiger charge is 2.27. The summed E-state index contributed by atoms with van der Waals surface area (Å²) in [6.45, 7) is 0. The molecule has 0 atom stereocenters. The molecule has 1 aliphatic rings. The highest BCUT2D eigenvalue weighted by atomic mass is 15.1. The Balaban J connectivity index is 1.12. The molecule has 0 saturated carbocycles. The van der Waals surface area contributed by atoms with Gasteiger partial charge in [-0.1, -0.05) is 176 Å². The molecule has 0 saturated heterocycles. The minimum absolute atomic E-state index is 0.627. The average Bonchev–Trinajstić information content (AvgIpc) is 3.65. The molecule has 0 aliphatic heterocycles. The summed E-state index contributed by atoms with van der Waals surface area (Å²) >= 11 is 0. The van der Waals surface area contributed by atoms with Crippen LogP contribution in [0.15, 0.2) is 218 Å². The normalized spacial score (nSPS) is 11.4. The summed E-state index contributed by atoms with van der Waals surface area (Å²) in [6, 6.07) is 77.1. The SMILES string of the molecule is c1ccc(-c2ccc(N(c3ccccc3)c3cc(-c4cccc(-c5nc(-c6ccccc6)nc(-c6ccccc6)n5)c4)c4c(c3)-c3cccc5cccc-4c35)cc2)cc1. The third-order valence-corrected chi connectivity index (χ3v) is 11.2. The summed E-state index contributed by atoms with van der Waals surface area (Å²) in [4.78, 5) is 17.5. The lowest BCUT2D eigenvalue weighted by Crippen LogP contribution is -2.10. The van der Waals surface area contributed by atoms with E-state index < -0.39 is 0 Å². The molecule has 4 nitrogen and oxygen atoms in total. The maximum atomic E-state index is 5.09. The first-order valence-electron chi connectivity index (χ1n) is 19.9. The molecule has 0 unspecified atom stereocenters. The van der Waals surface area contributed by atoms with Crippen LogP contribution in [0.4, 0.5) is 17.1 Å². The Morgan fingerprint density at radius 1 is 0.271 bits per heavy atom. The number of aromatic nitrogens is 3. The molecule has 0 amide bonds. The van der Waals surface area contributed by atoms with E-state index in [-0.39, 0.29) is 0 Å². The summed E-state index contributed by atoms with van der Waals surface area (Å²) in [5, 5.41) is 2.52. The van der Waals surface area contributed by atoms with Gasteiger partial charge in [0.1, 0.15) is 0 Å². The lowest BCUT2D eigenvalue weighted by molar-refractivity contribution is 1.07. The highest BCUT2D eigenvalue weighted by molar-refractivity contribution is 6.19. The zero-order chi connectivity index (χ0) is 39.1. The van der Waals surface area contributed by atoms with E-state index in [2.05, 4.69) is 163 Å². The van der Waals surface area contributed by atoms with Crippen LogP contribution >= 0.6 is 0 Å². The number of benzene rings is 9. The van der Waals surface area contributed by atoms with Gasteiger partial charge in [0.2, 0.25) is 0 Å². The first-order chi connectivity index (χ1) is 29.2. The van der Waals surface area contributed by atoms with Crippen LogP contribution in [0.1, 0.15) is 0 Å². The van der Waals surface area contributed by atoms with Gasteiger partial charge in [0, 0.05) is 33.8 Å². The maximum absolute atomic E-state index is 5.09. The Morgan fingerprint density at radius 3 is 1.36 bits per heavy atom. The lowest BCUT2D eigenvalue weighted by Gasteiger charge is -2.27. The molecule has 1 aliphatic carbocycles. The van der Waals surface area contributed by atoms with Gasteiger partial charge in [0.15, 0.2) is 17.5 Å². The van der Waals surface area contributed by atoms with Gasteiger partial charge in [0.25, 0.3) is 0 Å². The molecule has 0 spiro atoms. The summed E-state index contributed by atoms with van der Waals surface area (Å²) in [7, 11) is 0. The quantitative estimate of drug-likeness (QED) is 0.155. The third kappa shape index (κ3) is 6.24. The van der Waals surface area contributed by atoms with Crippen molar-refractivity contribution in [3.05, 3.63) is 218 Å². The van der Waals surface area contributed by atoms with Gasteiger partial charge in [-0.25, -0.2) is 15.0 Å². The number of nitrogens with zero attached hydrogens (tertiary/aromatic N) is 4. The van der Waals surface area contributed by atoms with E-state index in [1.165, 1.54) is 44.2 Å². The molecular weight excluding hydrogens is 717 g/mol. The molecule has 276 valence electrons. The molecule has 0 N–H and O–H groups in total. The molecule has 4 heteroatoms. The van der Waals surface area contributed by atoms with E-state index in [9.17, 15) is 0 Å². The van der Waals surface area contributed by atoms with E-state index in [0.717, 1.165) is 44.9 Å². The first-order valence-corrected chi connectivity index (χ1v) is 19.9. The van der Waals surface area contributed by atoms with Crippen molar-refractivity contribution in [3.63, 3.8) is 0 Å². The van der Waals surface area contributed by atoms with Gasteiger partial charge in [0.05, 0.1) is 0 Å². The molecule has 9 aromatic carbocycles. The van der Waals surface area contributed by atoms with Crippen LogP contribution in [0.3, 0.4) is 0 Å². The van der Waals surface area contributed by atoms with Crippen molar-refractivity contribution in [3.8, 4) is 78.7 Å². The predicted molar refractivity (Wildman–Crippen MR) is 244 cm³/mol. The smallest absolute Gasteiger partial charge is 0.164 e. The van der Waals surface area contributed by atoms with E-state index in [1.807, 2.05) is 60.7 Å². The van der Waals surface area contributed by atoms with Gasteiger partial charge in [-0.05, 0) is 97.7 Å². The average molecular weight is 753 g/mol. The van der Waals surface area contributed by atoms with Crippen molar-refractivity contribution in [2.24, 2.45) is 0 Å². The minimum atomic E-state index is 0.627. The van der Waals surface area contributed by atoms with Gasteiger partial charge >= 0.3 is 0 Å². The zero-order valence-corrected chi connectivity index (χ0v) is 32.1. The third-order valence-electron chi connectivity index (χ3n) is 11.2. The largest absolute Gasteiger partial charge is 0.310 e. The Hall–Kier alpha value is -7.95. The van der Waals surface area contributed by atoms with Crippen molar-refractivity contribution in [1.29, 1.82) is 0 Å². The van der Waals surface area contributed by atoms with Crippen LogP contribution in [0.5, 0.6) is 0 Å². The first kappa shape index (κ1) is 34.3. The lowest BCUT2D eigenvalue weighted by atomic mass is 9.91. The second-order valence-corrected chi connectivity index (χ2v) is 14.8. The van der Waals surface area contributed by atoms with E-state index >= 15 is 0 Å². The van der Waals surface area contributed by atoms with Gasteiger partial charge < -0.3 is 4.90 Å². The second kappa shape index (κ2) is 14.5. The van der Waals surface area contributed by atoms with Crippen LogP contribution in [-0.2, 0) is 0 Å². The molecule has 11 rings (SSSR count). The van der Waals surface area contributed by atoms with Crippen molar-refractivity contribution >= 4 is 27.8 Å². The van der Waals surface area contributed by atoms with E-state index in [4.69, 9.17) is 15.0 Å². The highest BCUT2D eigenvalue weighted by Crippen LogP contribution is 2.54.